The maximum Gasteiger partial charge on any atom is 1.00 e. The maximum atomic E-state index is 11.9. The number of aliphatic hydroxyl groups is 1. The molecule has 8 heteroatoms. The van der Waals surface area contributed by atoms with Gasteiger partial charge in [-0.25, -0.2) is 8.42 Å². The zero-order valence-electron chi connectivity index (χ0n) is 22.4. The second kappa shape index (κ2) is 14.5. The van der Waals surface area contributed by atoms with Gasteiger partial charge >= 0.3 is 29.6 Å². The van der Waals surface area contributed by atoms with Gasteiger partial charge in [0.1, 0.15) is 17.1 Å². The average Bonchev–Trinajstić information content (AvgIpc) is 2.92. The smallest absolute Gasteiger partial charge is 0.748 e. The number of aliphatic hydroxyl groups excluding tert-OH is 1. The van der Waals surface area contributed by atoms with Gasteiger partial charge < -0.3 is 19.5 Å². The van der Waals surface area contributed by atoms with Gasteiger partial charge in [-0.2, -0.15) is 0 Å². The number of hydrogen-bond acceptors (Lipinski definition) is 6. The summed E-state index contributed by atoms with van der Waals surface area (Å²) in [6.07, 6.45) is 8.07. The third kappa shape index (κ3) is 8.93. The van der Waals surface area contributed by atoms with E-state index >= 15 is 0 Å². The summed E-state index contributed by atoms with van der Waals surface area (Å²) in [6.45, 7) is 0. The Balaban J connectivity index is 0.00000420. The van der Waals surface area contributed by atoms with Crippen LogP contribution >= 0.6 is 0 Å². The Morgan fingerprint density at radius 3 is 2.18 bits per heavy atom. The van der Waals surface area contributed by atoms with Crippen LogP contribution in [0.1, 0.15) is 67.7 Å². The van der Waals surface area contributed by atoms with Crippen LogP contribution in [0.15, 0.2) is 91.0 Å². The molecule has 2 N–H and O–H groups in total. The van der Waals surface area contributed by atoms with E-state index in [1.807, 2.05) is 42.5 Å². The van der Waals surface area contributed by atoms with Gasteiger partial charge in [0.2, 0.25) is 0 Å². The van der Waals surface area contributed by atoms with Crippen molar-refractivity contribution >= 4 is 10.1 Å². The van der Waals surface area contributed by atoms with E-state index in [1.165, 1.54) is 36.3 Å². The molecule has 202 valence electrons. The van der Waals surface area contributed by atoms with E-state index in [-0.39, 0.29) is 53.7 Å². The molecule has 2 atom stereocenters. The van der Waals surface area contributed by atoms with Gasteiger partial charge in [-0.05, 0) is 85.9 Å². The van der Waals surface area contributed by atoms with Gasteiger partial charge in [0, 0.05) is 0 Å². The van der Waals surface area contributed by atoms with Crippen LogP contribution in [-0.2, 0) is 22.1 Å². The van der Waals surface area contributed by atoms with Crippen molar-refractivity contribution in [2.45, 2.75) is 68.3 Å². The Labute approximate surface area is 253 Å². The molecule has 4 rings (SSSR count). The van der Waals surface area contributed by atoms with Crippen molar-refractivity contribution in [3.8, 4) is 11.5 Å². The fraction of sp³-hybridized carbons (Fsp3) is 0.355. The molecule has 1 fully saturated rings. The van der Waals surface area contributed by atoms with Crippen molar-refractivity contribution in [3.63, 3.8) is 0 Å². The van der Waals surface area contributed by atoms with Crippen molar-refractivity contribution in [2.24, 2.45) is 0 Å². The summed E-state index contributed by atoms with van der Waals surface area (Å²) in [7, 11) is -4.51. The zero-order valence-corrected chi connectivity index (χ0v) is 25.2. The first kappa shape index (κ1) is 31.4. The van der Waals surface area contributed by atoms with Crippen LogP contribution in [0, 0.1) is 0 Å². The molecule has 3 aromatic rings. The van der Waals surface area contributed by atoms with E-state index in [9.17, 15) is 23.2 Å². The molecule has 39 heavy (non-hydrogen) atoms. The molecule has 1 aliphatic rings. The molecule has 0 unspecified atom stereocenters. The normalized spacial score (nSPS) is 16.8. The molecule has 0 spiro atoms. The van der Waals surface area contributed by atoms with Crippen molar-refractivity contribution < 1.29 is 57.5 Å². The molecular weight excluding hydrogens is 523 g/mol. The molecule has 3 aromatic carbocycles. The first-order chi connectivity index (χ1) is 18.2. The number of allylic oxidation sites excluding steroid dienone is 1. The van der Waals surface area contributed by atoms with Crippen LogP contribution in [0.2, 0.25) is 0 Å². The summed E-state index contributed by atoms with van der Waals surface area (Å²) in [6, 6.07) is 24.1. The average molecular weight is 559 g/mol. The summed E-state index contributed by atoms with van der Waals surface area (Å²) in [5.74, 6) is 0.866. The number of phenolic OH excluding ortho intramolecular Hbond substituents is 1. The van der Waals surface area contributed by atoms with Gasteiger partial charge in [0.05, 0.1) is 21.5 Å². The maximum absolute atomic E-state index is 11.9. The largest absolute Gasteiger partial charge is 1.00 e. The Morgan fingerprint density at radius 1 is 0.923 bits per heavy atom. The molecule has 0 radical (unpaired) electrons. The van der Waals surface area contributed by atoms with Crippen molar-refractivity contribution in [3.05, 3.63) is 108 Å². The van der Waals surface area contributed by atoms with E-state index in [0.29, 0.717) is 12.0 Å². The first-order valence-electron chi connectivity index (χ1n) is 13.2. The number of ether oxygens (including phenoxy) is 1. The summed E-state index contributed by atoms with van der Waals surface area (Å²) < 4.78 is 42.2. The van der Waals surface area contributed by atoms with Gasteiger partial charge in [-0.3, -0.25) is 0 Å². The Bertz CT molecular complexity index is 1290. The van der Waals surface area contributed by atoms with Gasteiger partial charge in [-0.15, -0.1) is 0 Å². The van der Waals surface area contributed by atoms with Crippen LogP contribution in [-0.4, -0.2) is 28.4 Å². The van der Waals surface area contributed by atoms with Crippen LogP contribution in [0.25, 0.3) is 0 Å². The van der Waals surface area contributed by atoms with E-state index in [2.05, 4.69) is 12.1 Å². The summed E-state index contributed by atoms with van der Waals surface area (Å²) in [4.78, 5) is 0. The number of benzene rings is 3. The molecule has 0 saturated heterocycles. The van der Waals surface area contributed by atoms with E-state index in [1.54, 1.807) is 12.1 Å². The SMILES string of the molecule is O=S(=O)([O-])[C@@H](C/C=C/[C@@H](O)c1ccc(O)cc1)CCc1ccc(OC2(c3ccccc3)CCCCC2)cc1.[Na+]. The monoisotopic (exact) mass is 558 g/mol. The minimum atomic E-state index is -4.51. The van der Waals surface area contributed by atoms with Crippen molar-refractivity contribution in [2.75, 3.05) is 0 Å². The number of aromatic hydroxyl groups is 1. The van der Waals surface area contributed by atoms with Crippen LogP contribution in [0.3, 0.4) is 0 Å². The van der Waals surface area contributed by atoms with Gasteiger partial charge in [0.25, 0.3) is 0 Å². The second-order valence-corrected chi connectivity index (χ2v) is 11.7. The summed E-state index contributed by atoms with van der Waals surface area (Å²) >= 11 is 0. The van der Waals surface area contributed by atoms with Crippen LogP contribution in [0.4, 0.5) is 0 Å². The number of aryl methyl sites for hydroxylation is 1. The number of phenols is 1. The molecule has 1 aliphatic carbocycles. The molecular formula is C31H35NaO6S. The minimum absolute atomic E-state index is 0. The number of rotatable bonds is 11. The molecule has 6 nitrogen and oxygen atoms in total. The Hall–Kier alpha value is -2.13. The molecule has 1 saturated carbocycles. The van der Waals surface area contributed by atoms with Gasteiger partial charge in [0.15, 0.2) is 0 Å². The zero-order chi connectivity index (χ0) is 27.0. The van der Waals surface area contributed by atoms with E-state index < -0.39 is 21.5 Å². The van der Waals surface area contributed by atoms with E-state index in [0.717, 1.165) is 37.0 Å². The van der Waals surface area contributed by atoms with Gasteiger partial charge in [-0.1, -0.05) is 73.2 Å². The topological polar surface area (TPSA) is 107 Å². The van der Waals surface area contributed by atoms with Crippen molar-refractivity contribution in [1.29, 1.82) is 0 Å². The third-order valence-electron chi connectivity index (χ3n) is 7.31. The molecule has 0 heterocycles. The predicted octanol–water partition coefficient (Wildman–Crippen LogP) is 3.16. The summed E-state index contributed by atoms with van der Waals surface area (Å²) in [5.41, 5.74) is 2.34. The van der Waals surface area contributed by atoms with Crippen LogP contribution in [0.5, 0.6) is 11.5 Å². The molecule has 0 bridgehead atoms. The first-order valence-corrected chi connectivity index (χ1v) is 14.6. The van der Waals surface area contributed by atoms with Crippen LogP contribution < -0.4 is 34.3 Å². The quantitative estimate of drug-likeness (QED) is 0.213. The fourth-order valence-electron chi connectivity index (χ4n) is 5.11. The fourth-order valence-corrected chi connectivity index (χ4v) is 5.87. The van der Waals surface area contributed by atoms with E-state index in [4.69, 9.17) is 4.74 Å². The standard InChI is InChI=1S/C31H36O6S.Na/c32-27-17-15-25(16-18-27)30(33)11-7-10-29(38(34,35)36)21-14-24-12-19-28(20-13-24)37-31(22-5-2-6-23-31)26-8-3-1-4-9-26;/h1,3-4,7-9,11-13,15-20,29-30,32-33H,2,5-6,10,14,21-23H2,(H,34,35,36);/q;+1/p-1/b11-7+;/t29-,30+;/m0./s1. The Kier molecular flexibility index (Phi) is 11.7. The Morgan fingerprint density at radius 2 is 1.56 bits per heavy atom. The second-order valence-electron chi connectivity index (χ2n) is 10.0. The molecule has 0 amide bonds. The van der Waals surface area contributed by atoms with Crippen molar-refractivity contribution in [1.82, 2.24) is 0 Å². The molecule has 0 aliphatic heterocycles. The minimum Gasteiger partial charge on any atom is -0.748 e. The third-order valence-corrected chi connectivity index (χ3v) is 8.56. The predicted molar refractivity (Wildman–Crippen MR) is 147 cm³/mol. The number of hydrogen-bond donors (Lipinski definition) is 2. The summed E-state index contributed by atoms with van der Waals surface area (Å²) in [5, 5.41) is 18.5. The molecule has 0 aromatic heterocycles.